The number of fused-ring (bicyclic) bond motifs is 1. The zero-order valence-corrected chi connectivity index (χ0v) is 24.2. The van der Waals surface area contributed by atoms with Gasteiger partial charge in [0.05, 0.1) is 45.1 Å². The number of carboxylic acid groups (broad SMARTS) is 1. The van der Waals surface area contributed by atoms with Crippen molar-refractivity contribution in [3.8, 4) is 6.07 Å². The van der Waals surface area contributed by atoms with Crippen molar-refractivity contribution < 1.29 is 18.7 Å². The van der Waals surface area contributed by atoms with Crippen LogP contribution in [-0.4, -0.2) is 49.2 Å². The molecule has 1 aliphatic rings. The summed E-state index contributed by atoms with van der Waals surface area (Å²) in [4.78, 5) is 17.1. The highest BCUT2D eigenvalue weighted by atomic mass is 35.5. The van der Waals surface area contributed by atoms with Crippen LogP contribution in [0.5, 0.6) is 0 Å². The second-order valence-corrected chi connectivity index (χ2v) is 11.0. The molecule has 2 atom stereocenters. The van der Waals surface area contributed by atoms with Crippen molar-refractivity contribution >= 4 is 57.3 Å². The molecule has 6 rings (SSSR count). The summed E-state index contributed by atoms with van der Waals surface area (Å²) in [5, 5.41) is 35.1. The summed E-state index contributed by atoms with van der Waals surface area (Å²) < 4.78 is 29.3. The van der Waals surface area contributed by atoms with E-state index in [0.29, 0.717) is 52.2 Å². The van der Waals surface area contributed by atoms with Crippen LogP contribution in [0.15, 0.2) is 67.0 Å². The van der Waals surface area contributed by atoms with Crippen molar-refractivity contribution in [2.45, 2.75) is 18.5 Å². The topological polar surface area (TPSA) is 132 Å². The van der Waals surface area contributed by atoms with E-state index < -0.39 is 23.8 Å². The van der Waals surface area contributed by atoms with Gasteiger partial charge in [-0.3, -0.25) is 4.98 Å². The minimum atomic E-state index is -0.989. The van der Waals surface area contributed by atoms with Gasteiger partial charge in [0.2, 0.25) is 0 Å². The Bertz CT molecular complexity index is 1930. The largest absolute Gasteiger partial charge is 0.465 e. The van der Waals surface area contributed by atoms with Gasteiger partial charge >= 0.3 is 6.09 Å². The Labute approximate surface area is 259 Å². The summed E-state index contributed by atoms with van der Waals surface area (Å²) in [6.07, 6.45) is 2.73. The van der Waals surface area contributed by atoms with Crippen LogP contribution in [-0.2, 0) is 0 Å². The summed E-state index contributed by atoms with van der Waals surface area (Å²) in [6.45, 7) is 0.681. The first-order valence-electron chi connectivity index (χ1n) is 13.4. The third-order valence-corrected chi connectivity index (χ3v) is 7.96. The lowest BCUT2D eigenvalue weighted by Crippen LogP contribution is -2.27. The van der Waals surface area contributed by atoms with Gasteiger partial charge in [0.1, 0.15) is 23.4 Å². The molecule has 3 heterocycles. The number of anilines is 3. The fourth-order valence-electron chi connectivity index (χ4n) is 5.16. The van der Waals surface area contributed by atoms with Gasteiger partial charge in [-0.05, 0) is 54.4 Å². The van der Waals surface area contributed by atoms with Crippen molar-refractivity contribution in [1.82, 2.24) is 24.9 Å². The van der Waals surface area contributed by atoms with E-state index in [2.05, 4.69) is 32.0 Å². The molecule has 0 bridgehead atoms. The van der Waals surface area contributed by atoms with Crippen LogP contribution < -0.4 is 10.6 Å². The van der Waals surface area contributed by atoms with Crippen LogP contribution in [0.2, 0.25) is 10.0 Å². The van der Waals surface area contributed by atoms with Gasteiger partial charge in [-0.2, -0.15) is 5.26 Å². The van der Waals surface area contributed by atoms with Crippen molar-refractivity contribution in [2.75, 3.05) is 23.7 Å². The summed E-state index contributed by atoms with van der Waals surface area (Å²) in [7, 11) is 0. The summed E-state index contributed by atoms with van der Waals surface area (Å²) in [5.74, 6) is -0.987. The third-order valence-electron chi connectivity index (χ3n) is 7.38. The quantitative estimate of drug-likeness (QED) is 0.172. The maximum absolute atomic E-state index is 13.9. The zero-order chi connectivity index (χ0) is 31.0. The van der Waals surface area contributed by atoms with Crippen molar-refractivity contribution in [3.05, 3.63) is 105 Å². The smallest absolute Gasteiger partial charge is 0.407 e. The SMILES string of the molecule is N#Cc1cnc2c(Cl)cc(NC(c3ccc(F)cc3)c3cn([C@@H]4CCN(C(=O)O)C4)nn3)cc2c1Nc1ccc(F)c(Cl)c1. The highest BCUT2D eigenvalue weighted by Crippen LogP contribution is 2.37. The van der Waals surface area contributed by atoms with Crippen LogP contribution in [0.25, 0.3) is 10.9 Å². The van der Waals surface area contributed by atoms with Gasteiger partial charge in [-0.1, -0.05) is 40.5 Å². The monoisotopic (exact) mass is 634 g/mol. The van der Waals surface area contributed by atoms with Gasteiger partial charge in [0.15, 0.2) is 0 Å². The summed E-state index contributed by atoms with van der Waals surface area (Å²) >= 11 is 12.7. The standard InChI is InChI=1S/C30H22Cl2F2N8O2/c31-23-10-19(5-6-25(23)34)37-27-17(12-35)13-36-29-22(27)9-20(11-24(29)32)38-28(16-1-3-18(33)4-2-16)26-15-42(40-39-26)21-7-8-41(14-21)30(43)44/h1-6,9-11,13,15,21,28,38H,7-8,14H2,(H,36,37)(H,43,44)/t21-,28?/m1/s1. The lowest BCUT2D eigenvalue weighted by Gasteiger charge is -2.20. The van der Waals surface area contributed by atoms with E-state index in [1.807, 2.05) is 0 Å². The van der Waals surface area contributed by atoms with Crippen LogP contribution >= 0.6 is 23.2 Å². The van der Waals surface area contributed by atoms with Gasteiger partial charge < -0.3 is 20.6 Å². The third kappa shape index (κ3) is 5.79. The normalized spacial score (nSPS) is 15.2. The number of pyridine rings is 1. The number of nitrogens with zero attached hydrogens (tertiary/aromatic N) is 6. The number of benzene rings is 3. The summed E-state index contributed by atoms with van der Waals surface area (Å²) in [6, 6.07) is 14.8. The number of carbonyl (C=O) groups is 1. The summed E-state index contributed by atoms with van der Waals surface area (Å²) in [5.41, 5.74) is 3.18. The fourth-order valence-corrected chi connectivity index (χ4v) is 5.61. The molecule has 14 heteroatoms. The molecule has 1 unspecified atom stereocenters. The lowest BCUT2D eigenvalue weighted by molar-refractivity contribution is 0.154. The molecule has 222 valence electrons. The fraction of sp³-hybridized carbons (Fsp3) is 0.167. The van der Waals surface area contributed by atoms with Crippen LogP contribution in [0.3, 0.4) is 0 Å². The minimum Gasteiger partial charge on any atom is -0.465 e. The average molecular weight is 635 g/mol. The molecule has 3 N–H and O–H groups in total. The Morgan fingerprint density at radius 3 is 2.57 bits per heavy atom. The number of hydrogen-bond donors (Lipinski definition) is 3. The minimum absolute atomic E-state index is 0.0873. The molecule has 1 amide bonds. The predicted octanol–water partition coefficient (Wildman–Crippen LogP) is 7.15. The first-order valence-corrected chi connectivity index (χ1v) is 14.1. The van der Waals surface area contributed by atoms with Crippen molar-refractivity contribution in [2.24, 2.45) is 0 Å². The first kappa shape index (κ1) is 29.1. The molecular formula is C30H22Cl2F2N8O2. The molecule has 1 saturated heterocycles. The Balaban J connectivity index is 1.39. The maximum atomic E-state index is 13.9. The number of aromatic nitrogens is 4. The predicted molar refractivity (Wildman–Crippen MR) is 161 cm³/mol. The van der Waals surface area contributed by atoms with E-state index in [9.17, 15) is 23.9 Å². The molecule has 1 aliphatic heterocycles. The van der Waals surface area contributed by atoms with Gasteiger partial charge in [-0.15, -0.1) is 5.10 Å². The number of nitriles is 1. The Morgan fingerprint density at radius 2 is 1.86 bits per heavy atom. The van der Waals surface area contributed by atoms with Crippen molar-refractivity contribution in [1.29, 1.82) is 5.26 Å². The molecule has 3 aromatic carbocycles. The van der Waals surface area contributed by atoms with Crippen molar-refractivity contribution in [3.63, 3.8) is 0 Å². The second kappa shape index (κ2) is 11.9. The Morgan fingerprint density at radius 1 is 1.09 bits per heavy atom. The Kier molecular flexibility index (Phi) is 7.90. The number of hydrogen-bond acceptors (Lipinski definition) is 7. The first-order chi connectivity index (χ1) is 21.2. The average Bonchev–Trinajstić information content (AvgIpc) is 3.69. The van der Waals surface area contributed by atoms with Crippen LogP contribution in [0.4, 0.5) is 30.6 Å². The van der Waals surface area contributed by atoms with E-state index in [0.717, 1.165) is 0 Å². The number of rotatable bonds is 7. The molecule has 0 radical (unpaired) electrons. The van der Waals surface area contributed by atoms with E-state index in [1.165, 1.54) is 41.4 Å². The van der Waals surface area contributed by atoms with E-state index in [4.69, 9.17) is 23.2 Å². The number of amides is 1. The molecule has 5 aromatic rings. The molecule has 0 spiro atoms. The molecule has 2 aromatic heterocycles. The number of nitrogens with one attached hydrogen (secondary N) is 2. The maximum Gasteiger partial charge on any atom is 0.407 e. The highest BCUT2D eigenvalue weighted by molar-refractivity contribution is 6.36. The lowest BCUT2D eigenvalue weighted by atomic mass is 10.0. The molecule has 0 aliphatic carbocycles. The second-order valence-electron chi connectivity index (χ2n) is 10.2. The van der Waals surface area contributed by atoms with E-state index in [1.54, 1.807) is 35.1 Å². The molecule has 44 heavy (non-hydrogen) atoms. The zero-order valence-electron chi connectivity index (χ0n) is 22.7. The molecule has 0 saturated carbocycles. The van der Waals surface area contributed by atoms with E-state index in [-0.39, 0.29) is 28.2 Å². The van der Waals surface area contributed by atoms with Crippen LogP contribution in [0, 0.1) is 23.0 Å². The highest BCUT2D eigenvalue weighted by Gasteiger charge is 2.29. The number of halogens is 4. The van der Waals surface area contributed by atoms with Gasteiger partial charge in [-0.25, -0.2) is 18.3 Å². The van der Waals surface area contributed by atoms with E-state index >= 15 is 0 Å². The van der Waals surface area contributed by atoms with Gasteiger partial charge in [0.25, 0.3) is 0 Å². The van der Waals surface area contributed by atoms with Gasteiger partial charge in [0, 0.05) is 36.0 Å². The molecular weight excluding hydrogens is 613 g/mol. The Hall–Kier alpha value is -4.99. The number of likely N-dealkylation sites (tertiary alicyclic amines) is 1. The molecule has 10 nitrogen and oxygen atoms in total. The van der Waals surface area contributed by atoms with Crippen LogP contribution in [0.1, 0.15) is 35.3 Å². The molecule has 1 fully saturated rings.